The number of ether oxygens (including phenoxy) is 2. The largest absolute Gasteiger partial charge is 0.459 e. The SMILES string of the molecule is O=CCN([CH-]C(=O)N1CCC2(CC1)OCCO2)C(=O)c1cc(Cc2ccccc2)ccc1[N+](=O)[O-].[Y]. The van der Waals surface area contributed by atoms with Crippen molar-refractivity contribution >= 4 is 23.8 Å². The van der Waals surface area contributed by atoms with Gasteiger partial charge in [0.2, 0.25) is 5.91 Å². The number of aldehydes is 1. The molecule has 0 N–H and O–H groups in total. The van der Waals surface area contributed by atoms with Crippen LogP contribution in [0, 0.1) is 16.7 Å². The van der Waals surface area contributed by atoms with Crippen molar-refractivity contribution in [1.29, 1.82) is 0 Å². The monoisotopic (exact) mass is 569 g/mol. The summed E-state index contributed by atoms with van der Waals surface area (Å²) in [6, 6.07) is 13.8. The molecule has 0 bridgehead atoms. The van der Waals surface area contributed by atoms with E-state index in [0.717, 1.165) is 17.0 Å². The van der Waals surface area contributed by atoms with Crippen molar-refractivity contribution in [1.82, 2.24) is 9.80 Å². The van der Waals surface area contributed by atoms with Gasteiger partial charge in [-0.25, -0.2) is 6.54 Å². The number of amides is 2. The molecule has 4 rings (SSSR count). The minimum absolute atomic E-state index is 0. The van der Waals surface area contributed by atoms with E-state index < -0.39 is 29.1 Å². The summed E-state index contributed by atoms with van der Waals surface area (Å²) < 4.78 is 11.3. The van der Waals surface area contributed by atoms with E-state index in [1.54, 1.807) is 11.0 Å². The average Bonchev–Trinajstić information content (AvgIpc) is 3.32. The first-order valence-electron chi connectivity index (χ1n) is 11.4. The molecule has 0 aliphatic carbocycles. The molecule has 2 aromatic carbocycles. The number of nitro groups is 1. The van der Waals surface area contributed by atoms with Crippen LogP contribution in [-0.4, -0.2) is 71.5 Å². The summed E-state index contributed by atoms with van der Waals surface area (Å²) in [5.41, 5.74) is 1.10. The molecular formula is C25H26N3O7Y-. The van der Waals surface area contributed by atoms with Crippen molar-refractivity contribution in [2.75, 3.05) is 32.8 Å². The van der Waals surface area contributed by atoms with Crippen LogP contribution in [0.2, 0.25) is 0 Å². The van der Waals surface area contributed by atoms with Gasteiger partial charge in [0.1, 0.15) is 17.8 Å². The second kappa shape index (κ2) is 12.5. The Labute approximate surface area is 233 Å². The number of hydrogen-bond donors (Lipinski definition) is 0. The molecule has 187 valence electrons. The molecule has 11 heteroatoms. The van der Waals surface area contributed by atoms with E-state index in [4.69, 9.17) is 9.47 Å². The number of likely N-dealkylation sites (tertiary alicyclic amines) is 1. The third kappa shape index (κ3) is 6.56. The molecule has 2 heterocycles. The number of piperidine rings is 1. The van der Waals surface area contributed by atoms with Gasteiger partial charge in [-0.2, -0.15) is 0 Å². The van der Waals surface area contributed by atoms with Crippen molar-refractivity contribution in [3.63, 3.8) is 0 Å². The van der Waals surface area contributed by atoms with Crippen molar-refractivity contribution in [3.05, 3.63) is 81.9 Å². The van der Waals surface area contributed by atoms with Crippen LogP contribution >= 0.6 is 0 Å². The normalized spacial score (nSPS) is 16.2. The number of carbonyl (C=O) groups excluding carboxylic acids is 3. The summed E-state index contributed by atoms with van der Waals surface area (Å²) in [4.78, 5) is 51.0. The van der Waals surface area contributed by atoms with Crippen LogP contribution in [0.4, 0.5) is 5.69 Å². The van der Waals surface area contributed by atoms with E-state index >= 15 is 0 Å². The maximum atomic E-state index is 13.3. The number of rotatable bonds is 8. The van der Waals surface area contributed by atoms with E-state index in [1.165, 1.54) is 12.1 Å². The molecule has 0 aromatic heterocycles. The maximum Gasteiger partial charge on any atom is 0.282 e. The summed E-state index contributed by atoms with van der Waals surface area (Å²) in [6.07, 6.45) is 1.95. The van der Waals surface area contributed by atoms with Crippen LogP contribution in [0.3, 0.4) is 0 Å². The standard InChI is InChI=1S/C25H26N3O7.Y/c29-13-12-27(18-23(30)26-10-8-25(9-11-26)34-14-15-35-25)24(31)21-17-20(6-7-22(21)28(32)33)16-19-4-2-1-3-5-19;/h1-7,13,17-18H,8-12,14-16H2;/q-1;. The topological polar surface area (TPSA) is 119 Å². The van der Waals surface area contributed by atoms with E-state index in [2.05, 4.69) is 0 Å². The minimum atomic E-state index is -0.789. The van der Waals surface area contributed by atoms with Gasteiger partial charge in [-0.1, -0.05) is 36.4 Å². The Morgan fingerprint density at radius 2 is 1.75 bits per heavy atom. The zero-order valence-electron chi connectivity index (χ0n) is 19.7. The fourth-order valence-electron chi connectivity index (χ4n) is 4.35. The Hall–Kier alpha value is -2.66. The Morgan fingerprint density at radius 1 is 1.08 bits per heavy atom. The Kier molecular flexibility index (Phi) is 9.72. The van der Waals surface area contributed by atoms with Crippen molar-refractivity contribution in [2.24, 2.45) is 0 Å². The molecule has 0 saturated carbocycles. The number of benzene rings is 2. The summed E-state index contributed by atoms with van der Waals surface area (Å²) in [7, 11) is 0. The molecular weight excluding hydrogens is 543 g/mol. The predicted octanol–water partition coefficient (Wildman–Crippen LogP) is 2.35. The van der Waals surface area contributed by atoms with Gasteiger partial charge in [-0.3, -0.25) is 14.9 Å². The van der Waals surface area contributed by atoms with Gasteiger partial charge < -0.3 is 28.9 Å². The number of nitro benzene ring substituents is 1. The molecule has 10 nitrogen and oxygen atoms in total. The first kappa shape index (κ1) is 27.9. The molecule has 2 fully saturated rings. The fourth-order valence-corrected chi connectivity index (χ4v) is 4.35. The Balaban J connectivity index is 0.00000361. The van der Waals surface area contributed by atoms with Gasteiger partial charge in [-0.05, 0) is 23.6 Å². The van der Waals surface area contributed by atoms with E-state index in [0.29, 0.717) is 57.4 Å². The van der Waals surface area contributed by atoms with Gasteiger partial charge in [0.25, 0.3) is 5.69 Å². The number of nitrogens with zero attached hydrogens (tertiary/aromatic N) is 3. The molecule has 2 aliphatic rings. The van der Waals surface area contributed by atoms with Crippen molar-refractivity contribution < 1.29 is 61.5 Å². The first-order chi connectivity index (χ1) is 16.9. The first-order valence-corrected chi connectivity index (χ1v) is 11.4. The zero-order valence-corrected chi connectivity index (χ0v) is 22.5. The van der Waals surface area contributed by atoms with E-state index in [9.17, 15) is 24.5 Å². The second-order valence-electron chi connectivity index (χ2n) is 8.46. The third-order valence-electron chi connectivity index (χ3n) is 6.19. The van der Waals surface area contributed by atoms with Gasteiger partial charge in [0.15, 0.2) is 5.79 Å². The Bertz CT molecular complexity index is 1100. The zero-order chi connectivity index (χ0) is 24.8. The second-order valence-corrected chi connectivity index (χ2v) is 8.46. The summed E-state index contributed by atoms with van der Waals surface area (Å²) in [5, 5.41) is 11.6. The van der Waals surface area contributed by atoms with Crippen LogP contribution in [0.15, 0.2) is 48.5 Å². The van der Waals surface area contributed by atoms with Gasteiger partial charge in [-0.15, -0.1) is 0 Å². The molecule has 2 saturated heterocycles. The average molecular weight is 569 g/mol. The molecule has 1 spiro atoms. The number of carbonyl (C=O) groups is 3. The number of hydrogen-bond acceptors (Lipinski definition) is 7. The predicted molar refractivity (Wildman–Crippen MR) is 124 cm³/mol. The Morgan fingerprint density at radius 3 is 2.36 bits per heavy atom. The van der Waals surface area contributed by atoms with E-state index in [1.807, 2.05) is 30.3 Å². The molecule has 2 aromatic rings. The molecule has 2 amide bonds. The van der Waals surface area contributed by atoms with Gasteiger partial charge in [0, 0.05) is 64.7 Å². The van der Waals surface area contributed by atoms with Crippen molar-refractivity contribution in [2.45, 2.75) is 25.0 Å². The van der Waals surface area contributed by atoms with Gasteiger partial charge in [0.05, 0.1) is 24.7 Å². The summed E-state index contributed by atoms with van der Waals surface area (Å²) in [5.74, 6) is -1.91. The third-order valence-corrected chi connectivity index (χ3v) is 6.19. The molecule has 2 aliphatic heterocycles. The maximum absolute atomic E-state index is 13.3. The molecule has 1 radical (unpaired) electrons. The van der Waals surface area contributed by atoms with E-state index in [-0.39, 0.29) is 44.0 Å². The summed E-state index contributed by atoms with van der Waals surface area (Å²) in [6.45, 7) is 2.40. The van der Waals surface area contributed by atoms with Crippen LogP contribution < -0.4 is 0 Å². The minimum Gasteiger partial charge on any atom is -0.459 e. The molecule has 0 atom stereocenters. The summed E-state index contributed by atoms with van der Waals surface area (Å²) >= 11 is 0. The van der Waals surface area contributed by atoms with Crippen LogP contribution in [0.1, 0.15) is 34.3 Å². The quantitative estimate of drug-likeness (QED) is 0.207. The molecule has 0 unspecified atom stereocenters. The van der Waals surface area contributed by atoms with Crippen LogP contribution in [-0.2, 0) is 58.2 Å². The molecule has 36 heavy (non-hydrogen) atoms. The van der Waals surface area contributed by atoms with Crippen LogP contribution in [0.5, 0.6) is 0 Å². The van der Waals surface area contributed by atoms with Gasteiger partial charge >= 0.3 is 0 Å². The fraction of sp³-hybridized carbons (Fsp3) is 0.360. The van der Waals surface area contributed by atoms with Crippen molar-refractivity contribution in [3.8, 4) is 0 Å². The van der Waals surface area contributed by atoms with Crippen LogP contribution in [0.25, 0.3) is 0 Å². The smallest absolute Gasteiger partial charge is 0.282 e.